The minimum absolute atomic E-state index is 0.376. The minimum atomic E-state index is 0.376. The Bertz CT molecular complexity index is 6150. The molecule has 0 bridgehead atoms. The monoisotopic (exact) mass is 1460 g/mol. The second-order valence-corrected chi connectivity index (χ2v) is 27.9. The Balaban J connectivity index is 0.904. The topological polar surface area (TPSA) is 201 Å². The molecule has 0 radical (unpaired) electrons. The predicted molar refractivity (Wildman–Crippen MR) is 451 cm³/mol. The summed E-state index contributed by atoms with van der Waals surface area (Å²) in [7, 11) is 0. The summed E-state index contributed by atoms with van der Waals surface area (Å²) in [5.41, 5.74) is 17.7. The first-order valence-electron chi connectivity index (χ1n) is 37.4. The molecule has 534 valence electrons. The van der Waals surface area contributed by atoms with Gasteiger partial charge in [0.05, 0.1) is 45.1 Å². The second kappa shape index (κ2) is 28.6. The Morgan fingerprint density at radius 2 is 0.395 bits per heavy atom. The van der Waals surface area contributed by atoms with E-state index in [9.17, 15) is 5.26 Å². The van der Waals surface area contributed by atoms with E-state index < -0.39 is 0 Å². The van der Waals surface area contributed by atoms with Gasteiger partial charge in [-0.3, -0.25) is 4.98 Å². The molecular formula is C98H62N16. The first-order valence-corrected chi connectivity index (χ1v) is 37.4. The fraction of sp³-hybridized carbons (Fsp3) is 0.0204. The predicted octanol–water partition coefficient (Wildman–Crippen LogP) is 22.2. The van der Waals surface area contributed by atoms with Crippen LogP contribution >= 0.6 is 0 Å². The van der Waals surface area contributed by atoms with Gasteiger partial charge in [0.25, 0.3) is 0 Å². The Kier molecular flexibility index (Phi) is 16.9. The summed E-state index contributed by atoms with van der Waals surface area (Å²) in [6.07, 6.45) is 0. The van der Waals surface area contributed by atoms with Gasteiger partial charge >= 0.3 is 0 Å². The molecule has 0 atom stereocenters. The molecule has 16 heteroatoms. The lowest BCUT2D eigenvalue weighted by atomic mass is 9.97. The molecule has 0 unspecified atom stereocenters. The molecule has 0 aliphatic rings. The largest absolute Gasteiger partial charge is 0.308 e. The van der Waals surface area contributed by atoms with Gasteiger partial charge in [-0.15, -0.1) is 0 Å². The van der Waals surface area contributed by atoms with Crippen molar-refractivity contribution >= 4 is 43.6 Å². The molecule has 20 rings (SSSR count). The van der Waals surface area contributed by atoms with Gasteiger partial charge in [-0.05, 0) is 67.9 Å². The normalized spacial score (nSPS) is 11.4. The number of fused-ring (bicyclic) bond motifs is 6. The molecule has 114 heavy (non-hydrogen) atoms. The number of hydrogen-bond acceptors (Lipinski definition) is 14. The lowest BCUT2D eigenvalue weighted by Gasteiger charge is -2.22. The second-order valence-electron chi connectivity index (χ2n) is 27.9. The molecule has 7 aromatic heterocycles. The summed E-state index contributed by atoms with van der Waals surface area (Å²) in [4.78, 5) is 68.0. The van der Waals surface area contributed by atoms with Crippen molar-refractivity contribution in [2.24, 2.45) is 0 Å². The lowest BCUT2D eigenvalue weighted by Crippen LogP contribution is -2.06. The smallest absolute Gasteiger partial charge is 0.164 e. The van der Waals surface area contributed by atoms with E-state index in [1.165, 1.54) is 0 Å². The number of benzene rings is 13. The highest BCUT2D eigenvalue weighted by molar-refractivity contribution is 6.14. The molecule has 0 aliphatic carbocycles. The summed E-state index contributed by atoms with van der Waals surface area (Å²) in [6.45, 7) is 4.04. The van der Waals surface area contributed by atoms with Crippen molar-refractivity contribution in [2.75, 3.05) is 0 Å². The van der Waals surface area contributed by atoms with Gasteiger partial charge in [0.15, 0.2) is 69.9 Å². The average molecular weight is 1460 g/mol. The van der Waals surface area contributed by atoms with E-state index in [1.807, 2.05) is 269 Å². The van der Waals surface area contributed by atoms with E-state index in [1.54, 1.807) is 0 Å². The lowest BCUT2D eigenvalue weighted by molar-refractivity contribution is 1.07. The Morgan fingerprint density at radius 3 is 0.588 bits per heavy atom. The van der Waals surface area contributed by atoms with Crippen LogP contribution in [-0.2, 0) is 0 Å². The number of hydrogen-bond donors (Lipinski definition) is 0. The molecule has 0 fully saturated rings. The molecule has 0 N–H and O–H groups in total. The first kappa shape index (κ1) is 67.5. The maximum Gasteiger partial charge on any atom is 0.164 e. The number of nitriles is 1. The number of aryl methyl sites for hydroxylation is 2. The molecule has 13 aromatic carbocycles. The summed E-state index contributed by atoms with van der Waals surface area (Å²) in [5.74, 6) is 6.04. The standard InChI is InChI=1S/C98H62N16/c1-60-51-75(52-61(2)100-60)86-84(113-80-55-71(95-105-87(63-27-11-3-12-28-63)101-88(106-95)64-29-13-4-14-30-64)43-47-76(80)77-48-44-72(56-81(77)113)96-107-89(65-31-15-5-16-32-65)102-90(108-96)66-33-17-6-18-34-66)53-62(59-99)54-85(86)114-82-57-73(97-109-91(67-35-19-7-20-36-67)103-92(110-97)68-37-21-8-22-38-68)45-49-78(82)79-50-46-74(58-83(79)114)98-111-93(69-39-23-9-24-40-69)104-94(112-98)70-41-25-10-26-42-70/h3-58H,1-2H3. The van der Waals surface area contributed by atoms with Crippen LogP contribution in [0.3, 0.4) is 0 Å². The van der Waals surface area contributed by atoms with Gasteiger partial charge in [-0.1, -0.05) is 291 Å². The molecule has 0 saturated heterocycles. The molecule has 7 heterocycles. The number of aromatic nitrogens is 15. The van der Waals surface area contributed by atoms with Gasteiger partial charge in [0, 0.05) is 105 Å². The van der Waals surface area contributed by atoms with Gasteiger partial charge in [-0.2, -0.15) is 5.26 Å². The van der Waals surface area contributed by atoms with E-state index in [2.05, 4.69) is 100 Å². The van der Waals surface area contributed by atoms with E-state index in [0.29, 0.717) is 86.8 Å². The van der Waals surface area contributed by atoms with E-state index in [0.717, 1.165) is 133 Å². The van der Waals surface area contributed by atoms with Crippen molar-refractivity contribution in [1.29, 1.82) is 5.26 Å². The fourth-order valence-electron chi connectivity index (χ4n) is 15.2. The van der Waals surface area contributed by atoms with Crippen LogP contribution in [0.4, 0.5) is 0 Å². The third kappa shape index (κ3) is 12.7. The molecule has 0 aliphatic heterocycles. The highest BCUT2D eigenvalue weighted by Gasteiger charge is 2.28. The molecule has 20 aromatic rings. The van der Waals surface area contributed by atoms with Crippen molar-refractivity contribution in [3.63, 3.8) is 0 Å². The summed E-state index contributed by atoms with van der Waals surface area (Å²) in [5, 5.41) is 15.7. The van der Waals surface area contributed by atoms with Gasteiger partial charge in [-0.25, -0.2) is 59.8 Å². The maximum absolute atomic E-state index is 12.0. The Hall–Kier alpha value is -15.9. The van der Waals surface area contributed by atoms with Crippen LogP contribution in [0.1, 0.15) is 17.0 Å². The fourth-order valence-corrected chi connectivity index (χ4v) is 15.2. The summed E-state index contributed by atoms with van der Waals surface area (Å²) < 4.78 is 4.56. The zero-order chi connectivity index (χ0) is 76.2. The van der Waals surface area contributed by atoms with Crippen molar-refractivity contribution in [2.45, 2.75) is 13.8 Å². The zero-order valence-corrected chi connectivity index (χ0v) is 61.5. The van der Waals surface area contributed by atoms with Crippen LogP contribution in [-0.4, -0.2) is 73.9 Å². The SMILES string of the molecule is Cc1cc(-c2c(-n3c4cc(-c5nc(-c6ccccc6)nc(-c6ccccc6)n5)ccc4c4ccc(-c5nc(-c6ccccc6)nc(-c6ccccc6)n5)cc43)cc(C#N)cc2-n2c3cc(-c4nc(-c5ccccc5)nc(-c5ccccc5)n4)ccc3c3ccc(-c4nc(-c5ccccc5)nc(-c5ccccc5)n4)cc32)cc(C)n1. The van der Waals surface area contributed by atoms with Crippen LogP contribution < -0.4 is 0 Å². The van der Waals surface area contributed by atoms with Gasteiger partial charge in [0.1, 0.15) is 0 Å². The maximum atomic E-state index is 12.0. The zero-order valence-electron chi connectivity index (χ0n) is 61.5. The highest BCUT2D eigenvalue weighted by atomic mass is 15.1. The summed E-state index contributed by atoms with van der Waals surface area (Å²) >= 11 is 0. The van der Waals surface area contributed by atoms with Crippen LogP contribution in [0.2, 0.25) is 0 Å². The minimum Gasteiger partial charge on any atom is -0.308 e. The van der Waals surface area contributed by atoms with Crippen molar-refractivity contribution in [1.82, 2.24) is 73.9 Å². The van der Waals surface area contributed by atoms with E-state index in [-0.39, 0.29) is 0 Å². The Labute approximate surface area is 654 Å². The van der Waals surface area contributed by atoms with Crippen LogP contribution in [0.15, 0.2) is 340 Å². The van der Waals surface area contributed by atoms with Crippen LogP contribution in [0.25, 0.3) is 203 Å². The molecular weight excluding hydrogens is 1400 g/mol. The summed E-state index contributed by atoms with van der Waals surface area (Å²) in [6, 6.07) is 116. The third-order valence-corrected chi connectivity index (χ3v) is 20.4. The van der Waals surface area contributed by atoms with Gasteiger partial charge in [0.2, 0.25) is 0 Å². The van der Waals surface area contributed by atoms with Crippen LogP contribution in [0, 0.1) is 25.2 Å². The van der Waals surface area contributed by atoms with Crippen LogP contribution in [0.5, 0.6) is 0 Å². The highest BCUT2D eigenvalue weighted by Crippen LogP contribution is 2.46. The first-order chi connectivity index (χ1) is 56.2. The quantitative estimate of drug-likeness (QED) is 0.0938. The van der Waals surface area contributed by atoms with E-state index >= 15 is 0 Å². The number of rotatable bonds is 15. The number of pyridine rings is 1. The van der Waals surface area contributed by atoms with Crippen molar-refractivity contribution in [3.8, 4) is 165 Å². The number of nitrogens with zero attached hydrogens (tertiary/aromatic N) is 16. The molecule has 16 nitrogen and oxygen atoms in total. The third-order valence-electron chi connectivity index (χ3n) is 20.4. The molecule has 0 saturated carbocycles. The van der Waals surface area contributed by atoms with Crippen molar-refractivity contribution in [3.05, 3.63) is 357 Å². The molecule has 0 spiro atoms. The van der Waals surface area contributed by atoms with E-state index in [4.69, 9.17) is 64.8 Å². The Morgan fingerprint density at radius 1 is 0.202 bits per heavy atom. The molecule has 0 amide bonds. The van der Waals surface area contributed by atoms with Crippen molar-refractivity contribution < 1.29 is 0 Å². The van der Waals surface area contributed by atoms with Gasteiger partial charge < -0.3 is 9.13 Å². The average Bonchev–Trinajstić information content (AvgIpc) is 1.55.